The zero-order chi connectivity index (χ0) is 20.1. The normalized spacial score (nSPS) is 17.3. The number of anilines is 1. The fourth-order valence-corrected chi connectivity index (χ4v) is 4.01. The van der Waals surface area contributed by atoms with E-state index in [-0.39, 0.29) is 17.3 Å². The van der Waals surface area contributed by atoms with Crippen molar-refractivity contribution in [3.63, 3.8) is 0 Å². The molecule has 1 saturated heterocycles. The van der Waals surface area contributed by atoms with Gasteiger partial charge in [-0.1, -0.05) is 18.2 Å². The molecule has 0 aliphatic carbocycles. The van der Waals surface area contributed by atoms with Crippen molar-refractivity contribution in [1.29, 1.82) is 0 Å². The molecule has 2 aromatic carbocycles. The van der Waals surface area contributed by atoms with Crippen molar-refractivity contribution in [2.24, 2.45) is 0 Å². The van der Waals surface area contributed by atoms with Crippen LogP contribution in [0.15, 0.2) is 48.5 Å². The highest BCUT2D eigenvalue weighted by molar-refractivity contribution is 8.00. The number of hydrogen-bond donors (Lipinski definition) is 2. The number of nitrogens with one attached hydrogen (secondary N) is 2. The van der Waals surface area contributed by atoms with Crippen molar-refractivity contribution in [1.82, 2.24) is 9.97 Å². The van der Waals surface area contributed by atoms with Crippen molar-refractivity contribution in [3.05, 3.63) is 54.4 Å². The highest BCUT2D eigenvalue weighted by Gasteiger charge is 2.16. The molecular formula is C22H25N3O3S. The minimum Gasteiger partial charge on any atom is -0.491 e. The first-order chi connectivity index (χ1) is 14.2. The van der Waals surface area contributed by atoms with Crippen molar-refractivity contribution < 1.29 is 14.3 Å². The molecule has 7 heteroatoms. The minimum atomic E-state index is -0.0470. The molecule has 1 aliphatic rings. The quantitative estimate of drug-likeness (QED) is 0.569. The molecule has 0 spiro atoms. The molecule has 1 fully saturated rings. The van der Waals surface area contributed by atoms with Gasteiger partial charge in [0.2, 0.25) is 5.91 Å². The Bertz CT molecular complexity index is 936. The maximum Gasteiger partial charge on any atom is 0.234 e. The Morgan fingerprint density at radius 2 is 2.24 bits per heavy atom. The van der Waals surface area contributed by atoms with Crippen LogP contribution in [0.25, 0.3) is 11.0 Å². The number of benzene rings is 2. The van der Waals surface area contributed by atoms with Crippen LogP contribution in [0, 0.1) is 0 Å². The summed E-state index contributed by atoms with van der Waals surface area (Å²) in [5.41, 5.74) is 2.69. The predicted octanol–water partition coefficient (Wildman–Crippen LogP) is 4.55. The molecule has 1 aromatic heterocycles. The number of amides is 1. The predicted molar refractivity (Wildman–Crippen MR) is 117 cm³/mol. The third-order valence-corrected chi connectivity index (χ3v) is 5.99. The number of nitrogens with zero attached hydrogens (tertiary/aromatic N) is 1. The van der Waals surface area contributed by atoms with Gasteiger partial charge in [0.05, 0.1) is 28.1 Å². The standard InChI is InChI=1S/C22H25N3O3S/c1-15(22-24-19-9-2-3-10-20(19)25-22)29-14-21(26)23-16-6-4-7-17(12-16)28-13-18-8-5-11-27-18/h2-4,6-7,9-10,12,15,18H,5,8,11,13-14H2,1H3,(H,23,26)(H,24,25). The lowest BCUT2D eigenvalue weighted by molar-refractivity contribution is -0.113. The summed E-state index contributed by atoms with van der Waals surface area (Å²) in [5, 5.41) is 3.03. The van der Waals surface area contributed by atoms with E-state index in [1.807, 2.05) is 48.5 Å². The molecule has 2 atom stereocenters. The molecule has 0 radical (unpaired) electrons. The van der Waals surface area contributed by atoms with Gasteiger partial charge in [-0.25, -0.2) is 4.98 Å². The van der Waals surface area contributed by atoms with Gasteiger partial charge in [0.15, 0.2) is 0 Å². The van der Waals surface area contributed by atoms with E-state index in [9.17, 15) is 4.79 Å². The van der Waals surface area contributed by atoms with Gasteiger partial charge in [-0.3, -0.25) is 4.79 Å². The molecule has 3 aromatic rings. The van der Waals surface area contributed by atoms with E-state index in [1.165, 1.54) is 0 Å². The second-order valence-electron chi connectivity index (χ2n) is 7.11. The molecule has 2 unspecified atom stereocenters. The third-order valence-electron chi connectivity index (χ3n) is 4.83. The molecule has 1 amide bonds. The molecule has 1 aliphatic heterocycles. The average molecular weight is 412 g/mol. The van der Waals surface area contributed by atoms with Gasteiger partial charge in [0.25, 0.3) is 0 Å². The number of H-pyrrole nitrogens is 1. The Labute approximate surface area is 174 Å². The SMILES string of the molecule is CC(SCC(=O)Nc1cccc(OCC2CCCO2)c1)c1nc2ccccc2[nH]1. The molecule has 152 valence electrons. The van der Waals surface area contributed by atoms with Crippen molar-refractivity contribution in [2.75, 3.05) is 24.3 Å². The van der Waals surface area contributed by atoms with E-state index >= 15 is 0 Å². The number of hydrogen-bond acceptors (Lipinski definition) is 5. The van der Waals surface area contributed by atoms with Crippen molar-refractivity contribution in [2.45, 2.75) is 31.1 Å². The van der Waals surface area contributed by atoms with Crippen LogP contribution in [0.1, 0.15) is 30.8 Å². The maximum absolute atomic E-state index is 12.4. The van der Waals surface area contributed by atoms with Crippen molar-refractivity contribution in [3.8, 4) is 5.75 Å². The molecule has 0 bridgehead atoms. The lowest BCUT2D eigenvalue weighted by atomic mass is 10.2. The fourth-order valence-electron chi connectivity index (χ4n) is 3.27. The second-order valence-corrected chi connectivity index (χ2v) is 8.44. The average Bonchev–Trinajstić information content (AvgIpc) is 3.40. The first kappa shape index (κ1) is 19.8. The van der Waals surface area contributed by atoms with E-state index in [0.29, 0.717) is 12.4 Å². The zero-order valence-electron chi connectivity index (χ0n) is 16.4. The summed E-state index contributed by atoms with van der Waals surface area (Å²) in [6, 6.07) is 15.4. The molecule has 2 heterocycles. The fraction of sp³-hybridized carbons (Fsp3) is 0.364. The van der Waals surface area contributed by atoms with Gasteiger partial charge < -0.3 is 19.8 Å². The van der Waals surface area contributed by atoms with Crippen LogP contribution in [0.5, 0.6) is 5.75 Å². The van der Waals surface area contributed by atoms with Crippen LogP contribution in [0.4, 0.5) is 5.69 Å². The van der Waals surface area contributed by atoms with Crippen LogP contribution in [-0.4, -0.2) is 40.9 Å². The smallest absolute Gasteiger partial charge is 0.234 e. The van der Waals surface area contributed by atoms with Gasteiger partial charge in [-0.2, -0.15) is 0 Å². The lowest BCUT2D eigenvalue weighted by Gasteiger charge is -2.13. The summed E-state index contributed by atoms with van der Waals surface area (Å²) in [7, 11) is 0. The summed E-state index contributed by atoms with van der Waals surface area (Å²) in [5.74, 6) is 1.92. The van der Waals surface area contributed by atoms with E-state index in [2.05, 4.69) is 22.2 Å². The number of thioether (sulfide) groups is 1. The summed E-state index contributed by atoms with van der Waals surface area (Å²) < 4.78 is 11.4. The van der Waals surface area contributed by atoms with Gasteiger partial charge in [-0.15, -0.1) is 11.8 Å². The lowest BCUT2D eigenvalue weighted by Crippen LogP contribution is -2.17. The molecule has 4 rings (SSSR count). The van der Waals surface area contributed by atoms with Gasteiger partial charge >= 0.3 is 0 Å². The second kappa shape index (κ2) is 9.33. The first-order valence-electron chi connectivity index (χ1n) is 9.88. The Morgan fingerprint density at radius 3 is 3.07 bits per heavy atom. The maximum atomic E-state index is 12.4. The van der Waals surface area contributed by atoms with E-state index < -0.39 is 0 Å². The minimum absolute atomic E-state index is 0.0470. The van der Waals surface area contributed by atoms with E-state index in [4.69, 9.17) is 9.47 Å². The first-order valence-corrected chi connectivity index (χ1v) is 10.9. The Balaban J connectivity index is 1.27. The number of carbonyl (C=O) groups is 1. The number of fused-ring (bicyclic) bond motifs is 1. The van der Waals surface area contributed by atoms with Gasteiger partial charge in [0, 0.05) is 18.4 Å². The van der Waals surface area contributed by atoms with Crippen LogP contribution >= 0.6 is 11.8 Å². The topological polar surface area (TPSA) is 76.2 Å². The number of ether oxygens (including phenoxy) is 2. The molecule has 29 heavy (non-hydrogen) atoms. The van der Waals surface area contributed by atoms with Crippen molar-refractivity contribution >= 4 is 34.4 Å². The summed E-state index contributed by atoms with van der Waals surface area (Å²) in [4.78, 5) is 20.3. The summed E-state index contributed by atoms with van der Waals surface area (Å²) >= 11 is 1.55. The number of para-hydroxylation sites is 2. The summed E-state index contributed by atoms with van der Waals surface area (Å²) in [6.07, 6.45) is 2.30. The van der Waals surface area contributed by atoms with E-state index in [1.54, 1.807) is 11.8 Å². The van der Waals surface area contributed by atoms with Crippen LogP contribution in [0.3, 0.4) is 0 Å². The molecular weight excluding hydrogens is 386 g/mol. The number of rotatable bonds is 8. The van der Waals surface area contributed by atoms with Crippen LogP contribution in [-0.2, 0) is 9.53 Å². The number of imidazole rings is 1. The van der Waals surface area contributed by atoms with Gasteiger partial charge in [0.1, 0.15) is 18.2 Å². The third kappa shape index (κ3) is 5.31. The molecule has 2 N–H and O–H groups in total. The largest absolute Gasteiger partial charge is 0.491 e. The van der Waals surface area contributed by atoms with Crippen LogP contribution in [0.2, 0.25) is 0 Å². The van der Waals surface area contributed by atoms with Gasteiger partial charge in [-0.05, 0) is 44.0 Å². The molecule has 6 nitrogen and oxygen atoms in total. The number of carbonyl (C=O) groups excluding carboxylic acids is 1. The Hall–Kier alpha value is -2.51. The monoisotopic (exact) mass is 411 g/mol. The Kier molecular flexibility index (Phi) is 6.36. The summed E-state index contributed by atoms with van der Waals surface area (Å²) in [6.45, 7) is 3.41. The Morgan fingerprint density at radius 1 is 1.34 bits per heavy atom. The van der Waals surface area contributed by atoms with E-state index in [0.717, 1.165) is 47.7 Å². The van der Waals surface area contributed by atoms with Crippen LogP contribution < -0.4 is 10.1 Å². The number of aromatic nitrogens is 2. The highest BCUT2D eigenvalue weighted by Crippen LogP contribution is 2.28. The highest BCUT2D eigenvalue weighted by atomic mass is 32.2. The molecule has 0 saturated carbocycles. The number of aromatic amines is 1. The zero-order valence-corrected chi connectivity index (χ0v) is 17.2.